The number of nitrogens with two attached hydrogens (primary N) is 1. The number of aliphatic hydroxyl groups excluding tert-OH is 1. The molecule has 0 saturated heterocycles. The number of anilines is 1. The topological polar surface area (TPSA) is 69.8 Å². The SMILES string of the molecule is NC(=O)N(C1Cc2ccccc2N(Cc2ccccc2)C1)C1CCCC2CCC(O)CC21. The maximum absolute atomic E-state index is 12.9. The van der Waals surface area contributed by atoms with E-state index in [-0.39, 0.29) is 24.2 Å². The van der Waals surface area contributed by atoms with Crippen LogP contribution < -0.4 is 10.6 Å². The number of urea groups is 1. The number of fused-ring (bicyclic) bond motifs is 2. The lowest BCUT2D eigenvalue weighted by Gasteiger charge is -2.50. The zero-order chi connectivity index (χ0) is 22.1. The van der Waals surface area contributed by atoms with Gasteiger partial charge in [0.25, 0.3) is 0 Å². The summed E-state index contributed by atoms with van der Waals surface area (Å²) < 4.78 is 0. The lowest BCUT2D eigenvalue weighted by atomic mass is 9.67. The van der Waals surface area contributed by atoms with Gasteiger partial charge < -0.3 is 20.6 Å². The maximum Gasteiger partial charge on any atom is 0.315 e. The van der Waals surface area contributed by atoms with Crippen molar-refractivity contribution in [2.45, 2.75) is 69.7 Å². The minimum atomic E-state index is -0.306. The highest BCUT2D eigenvalue weighted by atomic mass is 16.3. The monoisotopic (exact) mass is 433 g/mol. The van der Waals surface area contributed by atoms with Gasteiger partial charge in [-0.2, -0.15) is 0 Å². The molecular formula is C27H35N3O2. The van der Waals surface area contributed by atoms with Gasteiger partial charge in [-0.15, -0.1) is 0 Å². The fourth-order valence-electron chi connectivity index (χ4n) is 6.64. The molecule has 1 aliphatic heterocycles. The molecule has 5 heteroatoms. The van der Waals surface area contributed by atoms with E-state index in [0.717, 1.165) is 51.6 Å². The molecule has 2 fully saturated rings. The van der Waals surface area contributed by atoms with E-state index < -0.39 is 0 Å². The number of carbonyl (C=O) groups is 1. The fourth-order valence-corrected chi connectivity index (χ4v) is 6.64. The Hall–Kier alpha value is -2.53. The molecule has 5 rings (SSSR count). The van der Waals surface area contributed by atoms with Gasteiger partial charge in [0.05, 0.1) is 12.1 Å². The minimum absolute atomic E-state index is 0.0499. The van der Waals surface area contributed by atoms with Crippen LogP contribution in [-0.2, 0) is 13.0 Å². The number of benzene rings is 2. The van der Waals surface area contributed by atoms with Crippen molar-refractivity contribution < 1.29 is 9.90 Å². The highest BCUT2D eigenvalue weighted by Crippen LogP contribution is 2.44. The maximum atomic E-state index is 12.9. The van der Waals surface area contributed by atoms with E-state index in [1.807, 2.05) is 11.0 Å². The Kier molecular flexibility index (Phi) is 6.09. The van der Waals surface area contributed by atoms with E-state index in [1.165, 1.54) is 23.2 Å². The Morgan fingerprint density at radius 3 is 2.62 bits per heavy atom. The first-order valence-corrected chi connectivity index (χ1v) is 12.2. The predicted octanol–water partition coefficient (Wildman–Crippen LogP) is 4.33. The number of para-hydroxylation sites is 1. The molecule has 2 aliphatic carbocycles. The van der Waals surface area contributed by atoms with Gasteiger partial charge in [0, 0.05) is 24.8 Å². The van der Waals surface area contributed by atoms with E-state index in [1.54, 1.807) is 0 Å². The molecule has 2 aromatic carbocycles. The van der Waals surface area contributed by atoms with Crippen LogP contribution in [0.5, 0.6) is 0 Å². The van der Waals surface area contributed by atoms with Crippen molar-refractivity contribution in [3.8, 4) is 0 Å². The lowest BCUT2D eigenvalue weighted by molar-refractivity contribution is -0.00577. The van der Waals surface area contributed by atoms with Crippen LogP contribution in [-0.4, -0.2) is 40.8 Å². The largest absolute Gasteiger partial charge is 0.393 e. The van der Waals surface area contributed by atoms with E-state index in [0.29, 0.717) is 11.8 Å². The predicted molar refractivity (Wildman–Crippen MR) is 127 cm³/mol. The van der Waals surface area contributed by atoms with Gasteiger partial charge in [0.1, 0.15) is 0 Å². The number of carbonyl (C=O) groups excluding carboxylic acids is 1. The summed E-state index contributed by atoms with van der Waals surface area (Å²) in [6, 6.07) is 19.0. The van der Waals surface area contributed by atoms with Crippen LogP contribution in [0.15, 0.2) is 54.6 Å². The second-order valence-corrected chi connectivity index (χ2v) is 9.99. The van der Waals surface area contributed by atoms with Crippen LogP contribution in [0.3, 0.4) is 0 Å². The Morgan fingerprint density at radius 1 is 1.03 bits per heavy atom. The van der Waals surface area contributed by atoms with Crippen LogP contribution >= 0.6 is 0 Å². The molecular weight excluding hydrogens is 398 g/mol. The van der Waals surface area contributed by atoms with Crippen LogP contribution in [0.25, 0.3) is 0 Å². The van der Waals surface area contributed by atoms with Gasteiger partial charge in [-0.25, -0.2) is 4.79 Å². The highest BCUT2D eigenvalue weighted by molar-refractivity contribution is 5.73. The van der Waals surface area contributed by atoms with Crippen molar-refractivity contribution >= 4 is 11.7 Å². The number of rotatable bonds is 4. The summed E-state index contributed by atoms with van der Waals surface area (Å²) in [5.41, 5.74) is 9.88. The summed E-state index contributed by atoms with van der Waals surface area (Å²) in [4.78, 5) is 17.3. The molecule has 2 aromatic rings. The van der Waals surface area contributed by atoms with Gasteiger partial charge in [0.15, 0.2) is 0 Å². The Bertz CT molecular complexity index is 934. The standard InChI is InChI=1S/C27H35N3O2/c28-27(32)30(26-12-6-10-20-13-14-23(31)16-24(20)26)22-15-21-9-4-5-11-25(21)29(18-22)17-19-7-2-1-3-8-19/h1-5,7-9,11,20,22-24,26,31H,6,10,12-18H2,(H2,28,32). The van der Waals surface area contributed by atoms with E-state index >= 15 is 0 Å². The average molecular weight is 434 g/mol. The molecule has 2 amide bonds. The van der Waals surface area contributed by atoms with E-state index in [2.05, 4.69) is 53.4 Å². The molecule has 5 unspecified atom stereocenters. The second kappa shape index (κ2) is 9.14. The molecule has 0 radical (unpaired) electrons. The van der Waals surface area contributed by atoms with Gasteiger partial charge in [-0.05, 0) is 61.1 Å². The molecule has 3 N–H and O–H groups in total. The molecule has 5 atom stereocenters. The zero-order valence-electron chi connectivity index (χ0n) is 18.8. The molecule has 0 spiro atoms. The van der Waals surface area contributed by atoms with Crippen molar-refractivity contribution in [1.82, 2.24) is 4.90 Å². The summed E-state index contributed by atoms with van der Waals surface area (Å²) in [6.45, 7) is 1.60. The van der Waals surface area contributed by atoms with Gasteiger partial charge >= 0.3 is 6.03 Å². The van der Waals surface area contributed by atoms with Crippen molar-refractivity contribution in [3.63, 3.8) is 0 Å². The third-order valence-electron chi connectivity index (χ3n) is 8.03. The summed E-state index contributed by atoms with van der Waals surface area (Å²) in [5, 5.41) is 10.4. The van der Waals surface area contributed by atoms with Gasteiger partial charge in [-0.1, -0.05) is 61.4 Å². The average Bonchev–Trinajstić information content (AvgIpc) is 2.80. The summed E-state index contributed by atoms with van der Waals surface area (Å²) >= 11 is 0. The number of primary amides is 1. The normalized spacial score (nSPS) is 29.7. The summed E-state index contributed by atoms with van der Waals surface area (Å²) in [7, 11) is 0. The van der Waals surface area contributed by atoms with Crippen LogP contribution in [0.1, 0.15) is 49.7 Å². The molecule has 0 aromatic heterocycles. The van der Waals surface area contributed by atoms with Crippen LogP contribution in [0.2, 0.25) is 0 Å². The molecule has 2 saturated carbocycles. The fraction of sp³-hybridized carbons (Fsp3) is 0.519. The van der Waals surface area contributed by atoms with Crippen molar-refractivity contribution in [3.05, 3.63) is 65.7 Å². The summed E-state index contributed by atoms with van der Waals surface area (Å²) in [5.74, 6) is 0.968. The van der Waals surface area contributed by atoms with E-state index in [9.17, 15) is 9.90 Å². The highest BCUT2D eigenvalue weighted by Gasteiger charge is 2.44. The first-order chi connectivity index (χ1) is 15.6. The van der Waals surface area contributed by atoms with Gasteiger partial charge in [-0.3, -0.25) is 0 Å². The third-order valence-corrected chi connectivity index (χ3v) is 8.03. The number of aliphatic hydroxyl groups is 1. The van der Waals surface area contributed by atoms with Crippen LogP contribution in [0.4, 0.5) is 10.5 Å². The first-order valence-electron chi connectivity index (χ1n) is 12.2. The molecule has 5 nitrogen and oxygen atoms in total. The molecule has 32 heavy (non-hydrogen) atoms. The first kappa shape index (κ1) is 21.3. The van der Waals surface area contributed by atoms with Gasteiger partial charge in [0.2, 0.25) is 0 Å². The smallest absolute Gasteiger partial charge is 0.315 e. The van der Waals surface area contributed by atoms with Crippen molar-refractivity contribution in [1.29, 1.82) is 0 Å². The Labute approximate surface area is 191 Å². The number of hydrogen-bond acceptors (Lipinski definition) is 3. The second-order valence-electron chi connectivity index (χ2n) is 9.99. The number of amides is 2. The number of nitrogens with zero attached hydrogens (tertiary/aromatic N) is 2. The van der Waals surface area contributed by atoms with E-state index in [4.69, 9.17) is 5.73 Å². The molecule has 1 heterocycles. The van der Waals surface area contributed by atoms with Crippen LogP contribution in [0, 0.1) is 11.8 Å². The Morgan fingerprint density at radius 2 is 1.81 bits per heavy atom. The lowest BCUT2D eigenvalue weighted by Crippen LogP contribution is -2.60. The van der Waals surface area contributed by atoms with Crippen molar-refractivity contribution in [2.75, 3.05) is 11.4 Å². The quantitative estimate of drug-likeness (QED) is 0.754. The van der Waals surface area contributed by atoms with Crippen molar-refractivity contribution in [2.24, 2.45) is 17.6 Å². The minimum Gasteiger partial charge on any atom is -0.393 e. The molecule has 3 aliphatic rings. The Balaban J connectivity index is 1.44. The third kappa shape index (κ3) is 4.23. The number of hydrogen-bond donors (Lipinski definition) is 2. The zero-order valence-corrected chi connectivity index (χ0v) is 18.8. The molecule has 0 bridgehead atoms. The molecule has 170 valence electrons. The summed E-state index contributed by atoms with van der Waals surface area (Å²) in [6.07, 6.45) is 6.71.